The quantitative estimate of drug-likeness (QED) is 0.808. The second-order valence-corrected chi connectivity index (χ2v) is 9.13. The Morgan fingerprint density at radius 3 is 2.63 bits per heavy atom. The van der Waals surface area contributed by atoms with E-state index < -0.39 is 0 Å². The summed E-state index contributed by atoms with van der Waals surface area (Å²) in [4.78, 5) is 1.55. The first-order valence-electron chi connectivity index (χ1n) is 7.78. The lowest BCUT2D eigenvalue weighted by Crippen LogP contribution is -2.25. The summed E-state index contributed by atoms with van der Waals surface area (Å²) in [7, 11) is 0. The third-order valence-electron chi connectivity index (χ3n) is 5.69. The molecule has 19 heavy (non-hydrogen) atoms. The fourth-order valence-corrected chi connectivity index (χ4v) is 6.62. The van der Waals surface area contributed by atoms with Gasteiger partial charge in [-0.25, -0.2) is 0 Å². The van der Waals surface area contributed by atoms with Gasteiger partial charge in [0, 0.05) is 10.9 Å². The minimum absolute atomic E-state index is 0.634. The molecule has 1 aromatic rings. The first-order chi connectivity index (χ1) is 9.29. The van der Waals surface area contributed by atoms with Gasteiger partial charge in [0.05, 0.1) is 3.79 Å². The van der Waals surface area contributed by atoms with Crippen molar-refractivity contribution in [2.24, 2.45) is 29.6 Å². The Labute approximate surface area is 128 Å². The molecule has 4 rings (SSSR count). The molecule has 0 saturated heterocycles. The summed E-state index contributed by atoms with van der Waals surface area (Å²) in [6.07, 6.45) is 5.84. The molecule has 1 heterocycles. The predicted molar refractivity (Wildman–Crippen MR) is 84.4 cm³/mol. The average Bonchev–Trinajstić information content (AvgIpc) is 2.78. The van der Waals surface area contributed by atoms with Crippen LogP contribution >= 0.6 is 27.3 Å². The van der Waals surface area contributed by atoms with Crippen molar-refractivity contribution in [2.75, 3.05) is 6.54 Å². The zero-order valence-electron chi connectivity index (χ0n) is 11.4. The molecule has 1 N–H and O–H groups in total. The van der Waals surface area contributed by atoms with E-state index in [4.69, 9.17) is 0 Å². The van der Waals surface area contributed by atoms with Gasteiger partial charge in [-0.2, -0.15) is 0 Å². The van der Waals surface area contributed by atoms with Crippen molar-refractivity contribution in [3.05, 3.63) is 20.8 Å². The summed E-state index contributed by atoms with van der Waals surface area (Å²) >= 11 is 5.56. The van der Waals surface area contributed by atoms with Gasteiger partial charge in [0.1, 0.15) is 0 Å². The van der Waals surface area contributed by atoms with Crippen molar-refractivity contribution in [3.8, 4) is 0 Å². The second kappa shape index (κ2) is 4.85. The second-order valence-electron chi connectivity index (χ2n) is 6.64. The van der Waals surface area contributed by atoms with Crippen molar-refractivity contribution < 1.29 is 0 Å². The first-order valence-corrected chi connectivity index (χ1v) is 9.39. The Bertz CT molecular complexity index is 455. The van der Waals surface area contributed by atoms with E-state index in [0.717, 1.165) is 36.1 Å². The van der Waals surface area contributed by atoms with E-state index >= 15 is 0 Å². The molecule has 0 amide bonds. The smallest absolute Gasteiger partial charge is 0.0701 e. The lowest BCUT2D eigenvalue weighted by Gasteiger charge is -2.20. The third-order valence-corrected chi connectivity index (χ3v) is 7.40. The number of thiophene rings is 1. The minimum atomic E-state index is 0.634. The number of fused-ring (bicyclic) bond motifs is 5. The molecule has 0 spiro atoms. The molecule has 1 nitrogen and oxygen atoms in total. The zero-order chi connectivity index (χ0) is 13.0. The average molecular weight is 340 g/mol. The molecule has 0 aliphatic heterocycles. The highest BCUT2D eigenvalue weighted by molar-refractivity contribution is 9.11. The molecule has 3 aliphatic rings. The summed E-state index contributed by atoms with van der Waals surface area (Å²) in [5, 5.41) is 3.85. The molecule has 0 radical (unpaired) electrons. The van der Waals surface area contributed by atoms with Crippen LogP contribution in [0.5, 0.6) is 0 Å². The van der Waals surface area contributed by atoms with Crippen LogP contribution in [0.3, 0.4) is 0 Å². The normalized spacial score (nSPS) is 40.4. The predicted octanol–water partition coefficient (Wildman–Crippen LogP) is 4.84. The van der Waals surface area contributed by atoms with Gasteiger partial charge >= 0.3 is 0 Å². The highest BCUT2D eigenvalue weighted by atomic mass is 79.9. The van der Waals surface area contributed by atoms with Crippen LogP contribution in [0, 0.1) is 29.6 Å². The van der Waals surface area contributed by atoms with Crippen LogP contribution in [0.1, 0.15) is 43.5 Å². The SMILES string of the molecule is CCCNC(c1ccc(Br)s1)C1C2C3CCC(C3)C21. The van der Waals surface area contributed by atoms with E-state index in [0.29, 0.717) is 6.04 Å². The Hall–Kier alpha value is 0.140. The molecular formula is C16H22BrNS. The molecule has 5 atom stereocenters. The van der Waals surface area contributed by atoms with Crippen molar-refractivity contribution >= 4 is 27.3 Å². The summed E-state index contributed by atoms with van der Waals surface area (Å²) in [6.45, 7) is 3.43. The number of nitrogens with one attached hydrogen (secondary N) is 1. The summed E-state index contributed by atoms with van der Waals surface area (Å²) in [5.41, 5.74) is 0. The number of halogens is 1. The highest BCUT2D eigenvalue weighted by Crippen LogP contribution is 2.72. The highest BCUT2D eigenvalue weighted by Gasteiger charge is 2.66. The van der Waals surface area contributed by atoms with Gasteiger partial charge in [-0.15, -0.1) is 11.3 Å². The van der Waals surface area contributed by atoms with E-state index in [-0.39, 0.29) is 0 Å². The Kier molecular flexibility index (Phi) is 3.28. The van der Waals surface area contributed by atoms with E-state index in [1.165, 1.54) is 23.0 Å². The summed E-state index contributed by atoms with van der Waals surface area (Å²) in [6, 6.07) is 5.18. The maximum absolute atomic E-state index is 3.85. The van der Waals surface area contributed by atoms with Crippen LogP contribution in [0.15, 0.2) is 15.9 Å². The monoisotopic (exact) mass is 339 g/mol. The molecule has 1 aromatic heterocycles. The molecule has 5 unspecified atom stereocenters. The van der Waals surface area contributed by atoms with Crippen molar-refractivity contribution in [3.63, 3.8) is 0 Å². The molecule has 2 bridgehead atoms. The largest absolute Gasteiger partial charge is 0.309 e. The topological polar surface area (TPSA) is 12.0 Å². The molecule has 3 heteroatoms. The Balaban J connectivity index is 1.55. The summed E-state index contributed by atoms with van der Waals surface area (Å²) in [5.74, 6) is 5.23. The number of hydrogen-bond donors (Lipinski definition) is 1. The van der Waals surface area contributed by atoms with Gasteiger partial charge in [-0.1, -0.05) is 6.92 Å². The van der Waals surface area contributed by atoms with E-state index in [9.17, 15) is 0 Å². The van der Waals surface area contributed by atoms with Gasteiger partial charge in [0.25, 0.3) is 0 Å². The minimum Gasteiger partial charge on any atom is -0.309 e. The van der Waals surface area contributed by atoms with Crippen LogP contribution < -0.4 is 5.32 Å². The van der Waals surface area contributed by atoms with Gasteiger partial charge in [0.2, 0.25) is 0 Å². The molecule has 104 valence electrons. The van der Waals surface area contributed by atoms with Crippen LogP contribution in [-0.4, -0.2) is 6.54 Å². The van der Waals surface area contributed by atoms with Crippen LogP contribution in [0.2, 0.25) is 0 Å². The van der Waals surface area contributed by atoms with Crippen molar-refractivity contribution in [1.29, 1.82) is 0 Å². The number of rotatable bonds is 5. The van der Waals surface area contributed by atoms with Crippen LogP contribution in [0.25, 0.3) is 0 Å². The fourth-order valence-electron chi connectivity index (χ4n) is 5.06. The van der Waals surface area contributed by atoms with Crippen LogP contribution in [-0.2, 0) is 0 Å². The maximum atomic E-state index is 3.85. The fraction of sp³-hybridized carbons (Fsp3) is 0.750. The molecule has 3 aliphatic carbocycles. The van der Waals surface area contributed by atoms with Crippen molar-refractivity contribution in [2.45, 2.75) is 38.6 Å². The zero-order valence-corrected chi connectivity index (χ0v) is 13.8. The summed E-state index contributed by atoms with van der Waals surface area (Å²) < 4.78 is 1.28. The van der Waals surface area contributed by atoms with Gasteiger partial charge < -0.3 is 5.32 Å². The lowest BCUT2D eigenvalue weighted by molar-refractivity contribution is 0.374. The third kappa shape index (κ3) is 2.04. The van der Waals surface area contributed by atoms with Crippen molar-refractivity contribution in [1.82, 2.24) is 5.32 Å². The van der Waals surface area contributed by atoms with Gasteiger partial charge in [-0.3, -0.25) is 0 Å². The maximum Gasteiger partial charge on any atom is 0.0701 e. The Morgan fingerprint density at radius 1 is 1.32 bits per heavy atom. The van der Waals surface area contributed by atoms with E-state index in [1.807, 2.05) is 11.3 Å². The van der Waals surface area contributed by atoms with Gasteiger partial charge in [-0.05, 0) is 89.9 Å². The molecule has 0 aromatic carbocycles. The first kappa shape index (κ1) is 12.8. The standard InChI is InChI=1S/C16H22BrNS/c1-2-7-18-16(11-5-6-12(17)19-11)15-13-9-3-4-10(8-9)14(13)15/h5-6,9-10,13-16,18H,2-4,7-8H2,1H3. The molecular weight excluding hydrogens is 318 g/mol. The van der Waals surface area contributed by atoms with Crippen LogP contribution in [0.4, 0.5) is 0 Å². The molecule has 3 saturated carbocycles. The lowest BCUT2D eigenvalue weighted by atomic mass is 9.96. The van der Waals surface area contributed by atoms with Gasteiger partial charge in [0.15, 0.2) is 0 Å². The van der Waals surface area contributed by atoms with E-state index in [1.54, 1.807) is 11.3 Å². The Morgan fingerprint density at radius 2 is 2.05 bits per heavy atom. The number of hydrogen-bond acceptors (Lipinski definition) is 2. The van der Waals surface area contributed by atoms with E-state index in [2.05, 4.69) is 40.3 Å². The molecule has 3 fully saturated rings.